The van der Waals surface area contributed by atoms with Gasteiger partial charge in [0, 0.05) is 25.0 Å². The first-order chi connectivity index (χ1) is 10.8. The van der Waals surface area contributed by atoms with Gasteiger partial charge in [-0.15, -0.1) is 0 Å². The predicted octanol–water partition coefficient (Wildman–Crippen LogP) is 2.96. The second-order valence-electron chi connectivity index (χ2n) is 4.65. The molecule has 0 aliphatic rings. The summed E-state index contributed by atoms with van der Waals surface area (Å²) in [6.07, 6.45) is 8.31. The van der Waals surface area contributed by atoms with Gasteiger partial charge in [0.1, 0.15) is 5.76 Å². The summed E-state index contributed by atoms with van der Waals surface area (Å²) in [5.41, 5.74) is 1.13. The third kappa shape index (κ3) is 3.53. The van der Waals surface area contributed by atoms with Gasteiger partial charge in [0.25, 0.3) is 0 Å². The van der Waals surface area contributed by atoms with Gasteiger partial charge >= 0.3 is 0 Å². The number of thiophene rings is 1. The van der Waals surface area contributed by atoms with Crippen molar-refractivity contribution in [2.45, 2.75) is 6.04 Å². The van der Waals surface area contributed by atoms with Gasteiger partial charge in [-0.2, -0.15) is 16.4 Å². The molecule has 0 fully saturated rings. The van der Waals surface area contributed by atoms with Crippen molar-refractivity contribution in [3.05, 3.63) is 71.1 Å². The van der Waals surface area contributed by atoms with Crippen LogP contribution in [0.4, 0.5) is 0 Å². The number of amides is 1. The molecular weight excluding hydrogens is 298 g/mol. The lowest BCUT2D eigenvalue weighted by molar-refractivity contribution is -0.116. The van der Waals surface area contributed by atoms with Crippen LogP contribution < -0.4 is 5.32 Å². The number of nitrogens with zero attached hydrogens (tertiary/aromatic N) is 2. The van der Waals surface area contributed by atoms with Crippen LogP contribution in [0.1, 0.15) is 17.4 Å². The minimum atomic E-state index is -0.163. The third-order valence-electron chi connectivity index (χ3n) is 3.18. The van der Waals surface area contributed by atoms with Gasteiger partial charge in [-0.3, -0.25) is 9.48 Å². The number of aromatic nitrogens is 2. The minimum absolute atomic E-state index is 0.0118. The number of carbonyl (C=O) groups excluding carboxylic acids is 1. The average molecular weight is 313 g/mol. The minimum Gasteiger partial charge on any atom is -0.465 e. The molecule has 3 heterocycles. The zero-order valence-electron chi connectivity index (χ0n) is 11.8. The summed E-state index contributed by atoms with van der Waals surface area (Å²) in [6, 6.07) is 7.48. The van der Waals surface area contributed by atoms with E-state index in [2.05, 4.69) is 15.8 Å². The molecule has 0 aliphatic heterocycles. The molecule has 0 bridgehead atoms. The van der Waals surface area contributed by atoms with E-state index in [1.54, 1.807) is 42.0 Å². The van der Waals surface area contributed by atoms with Crippen LogP contribution >= 0.6 is 11.3 Å². The SMILES string of the molecule is O=C(/C=C/c1ccco1)NC[C@@H](c1ccsc1)n1cccn1. The largest absolute Gasteiger partial charge is 0.465 e. The highest BCUT2D eigenvalue weighted by atomic mass is 32.1. The van der Waals surface area contributed by atoms with E-state index in [1.165, 1.54) is 6.08 Å². The third-order valence-corrected chi connectivity index (χ3v) is 3.89. The number of carbonyl (C=O) groups is 1. The first-order valence-electron chi connectivity index (χ1n) is 6.83. The topological polar surface area (TPSA) is 60.1 Å². The van der Waals surface area contributed by atoms with Gasteiger partial charge in [0.05, 0.1) is 12.3 Å². The Hall–Kier alpha value is -2.60. The predicted molar refractivity (Wildman–Crippen MR) is 85.4 cm³/mol. The molecule has 1 atom stereocenters. The van der Waals surface area contributed by atoms with E-state index >= 15 is 0 Å². The maximum absolute atomic E-state index is 11.9. The standard InChI is InChI=1S/C16H15N3O2S/c20-16(5-4-14-3-1-9-21-14)17-11-15(13-6-10-22-12-13)19-8-2-7-18-19/h1-10,12,15H,11H2,(H,17,20)/b5-4+/t15-/m0/s1. The molecule has 0 radical (unpaired) electrons. The lowest BCUT2D eigenvalue weighted by Crippen LogP contribution is -2.30. The maximum Gasteiger partial charge on any atom is 0.244 e. The molecule has 1 amide bonds. The molecule has 0 saturated carbocycles. The van der Waals surface area contributed by atoms with Crippen LogP contribution in [0.25, 0.3) is 6.08 Å². The average Bonchev–Trinajstić information content (AvgIpc) is 3.27. The van der Waals surface area contributed by atoms with Gasteiger partial charge in [0.15, 0.2) is 0 Å². The smallest absolute Gasteiger partial charge is 0.244 e. The molecule has 0 spiro atoms. The molecule has 3 aromatic heterocycles. The summed E-state index contributed by atoms with van der Waals surface area (Å²) in [5, 5.41) is 11.3. The van der Waals surface area contributed by atoms with Crippen molar-refractivity contribution in [3.8, 4) is 0 Å². The Morgan fingerprint density at radius 3 is 3.09 bits per heavy atom. The second-order valence-corrected chi connectivity index (χ2v) is 5.43. The van der Waals surface area contributed by atoms with Crippen LogP contribution in [-0.2, 0) is 4.79 Å². The van der Waals surface area contributed by atoms with Gasteiger partial charge in [-0.1, -0.05) is 0 Å². The summed E-state index contributed by atoms with van der Waals surface area (Å²) < 4.78 is 6.99. The van der Waals surface area contributed by atoms with Crippen molar-refractivity contribution in [1.82, 2.24) is 15.1 Å². The number of rotatable bonds is 6. The van der Waals surface area contributed by atoms with Gasteiger partial charge in [0.2, 0.25) is 5.91 Å². The number of hydrogen-bond acceptors (Lipinski definition) is 4. The quantitative estimate of drug-likeness (QED) is 0.712. The zero-order valence-corrected chi connectivity index (χ0v) is 12.6. The summed E-state index contributed by atoms with van der Waals surface area (Å²) in [5.74, 6) is 0.486. The Bertz CT molecular complexity index is 681. The van der Waals surface area contributed by atoms with E-state index in [1.807, 2.05) is 28.4 Å². The Labute approximate surface area is 131 Å². The van der Waals surface area contributed by atoms with Crippen LogP contribution in [0.15, 0.2) is 64.2 Å². The van der Waals surface area contributed by atoms with Crippen LogP contribution in [0.5, 0.6) is 0 Å². The fraction of sp³-hybridized carbons (Fsp3) is 0.125. The number of furan rings is 1. The highest BCUT2D eigenvalue weighted by Crippen LogP contribution is 2.19. The molecule has 5 nitrogen and oxygen atoms in total. The molecule has 1 N–H and O–H groups in total. The highest BCUT2D eigenvalue weighted by Gasteiger charge is 2.15. The van der Waals surface area contributed by atoms with Crippen LogP contribution in [0, 0.1) is 0 Å². The molecule has 22 heavy (non-hydrogen) atoms. The zero-order chi connectivity index (χ0) is 15.2. The Morgan fingerprint density at radius 1 is 1.45 bits per heavy atom. The Balaban J connectivity index is 1.63. The van der Waals surface area contributed by atoms with Gasteiger partial charge < -0.3 is 9.73 Å². The Morgan fingerprint density at radius 2 is 2.41 bits per heavy atom. The van der Waals surface area contributed by atoms with Crippen molar-refractivity contribution in [2.24, 2.45) is 0 Å². The summed E-state index contributed by atoms with van der Waals surface area (Å²) in [4.78, 5) is 11.9. The van der Waals surface area contributed by atoms with Crippen molar-refractivity contribution in [3.63, 3.8) is 0 Å². The van der Waals surface area contributed by atoms with Gasteiger partial charge in [-0.25, -0.2) is 0 Å². The lowest BCUT2D eigenvalue weighted by Gasteiger charge is -2.16. The van der Waals surface area contributed by atoms with Gasteiger partial charge in [-0.05, 0) is 46.7 Å². The van der Waals surface area contributed by atoms with E-state index in [0.717, 1.165) is 5.56 Å². The monoisotopic (exact) mass is 313 g/mol. The first-order valence-corrected chi connectivity index (χ1v) is 7.78. The van der Waals surface area contributed by atoms with E-state index in [4.69, 9.17) is 4.42 Å². The van der Waals surface area contributed by atoms with Crippen molar-refractivity contribution >= 4 is 23.3 Å². The molecular formula is C16H15N3O2S. The van der Waals surface area contributed by atoms with Crippen LogP contribution in [0.2, 0.25) is 0 Å². The van der Waals surface area contributed by atoms with Crippen LogP contribution in [0.3, 0.4) is 0 Å². The molecule has 3 rings (SSSR count). The fourth-order valence-corrected chi connectivity index (χ4v) is 2.80. The Kier molecular flexibility index (Phi) is 4.50. The second kappa shape index (κ2) is 6.91. The lowest BCUT2D eigenvalue weighted by atomic mass is 10.1. The van der Waals surface area contributed by atoms with Crippen molar-refractivity contribution in [2.75, 3.05) is 6.54 Å². The van der Waals surface area contributed by atoms with E-state index in [9.17, 15) is 4.79 Å². The first kappa shape index (κ1) is 14.3. The van der Waals surface area contributed by atoms with E-state index < -0.39 is 0 Å². The summed E-state index contributed by atoms with van der Waals surface area (Å²) in [6.45, 7) is 0.472. The molecule has 6 heteroatoms. The normalized spacial score (nSPS) is 12.5. The molecule has 0 saturated heterocycles. The number of nitrogens with one attached hydrogen (secondary N) is 1. The molecule has 0 aromatic carbocycles. The summed E-state index contributed by atoms with van der Waals surface area (Å²) in [7, 11) is 0. The highest BCUT2D eigenvalue weighted by molar-refractivity contribution is 7.07. The molecule has 3 aromatic rings. The van der Waals surface area contributed by atoms with E-state index in [-0.39, 0.29) is 11.9 Å². The maximum atomic E-state index is 11.9. The van der Waals surface area contributed by atoms with Crippen molar-refractivity contribution < 1.29 is 9.21 Å². The fourth-order valence-electron chi connectivity index (χ4n) is 2.09. The summed E-state index contributed by atoms with van der Waals surface area (Å²) >= 11 is 1.63. The van der Waals surface area contributed by atoms with E-state index in [0.29, 0.717) is 12.3 Å². The van der Waals surface area contributed by atoms with Crippen molar-refractivity contribution in [1.29, 1.82) is 0 Å². The molecule has 0 aliphatic carbocycles. The molecule has 112 valence electrons. The number of hydrogen-bond donors (Lipinski definition) is 1. The molecule has 0 unspecified atom stereocenters. The van der Waals surface area contributed by atoms with Crippen LogP contribution in [-0.4, -0.2) is 22.2 Å².